The summed E-state index contributed by atoms with van der Waals surface area (Å²) in [5.74, 6) is 0.633. The Labute approximate surface area is 122 Å². The molecule has 0 amide bonds. The molecule has 1 atom stereocenters. The molecule has 6 heteroatoms. The zero-order chi connectivity index (χ0) is 14.7. The van der Waals surface area contributed by atoms with E-state index in [1.807, 2.05) is 19.1 Å². The molecule has 0 N–H and O–H groups in total. The van der Waals surface area contributed by atoms with E-state index >= 15 is 0 Å². The maximum absolute atomic E-state index is 11.8. The van der Waals surface area contributed by atoms with Crippen LogP contribution in [0.1, 0.15) is 29.1 Å². The van der Waals surface area contributed by atoms with Gasteiger partial charge in [-0.2, -0.15) is 5.10 Å². The lowest BCUT2D eigenvalue weighted by atomic mass is 10.2. The Morgan fingerprint density at radius 2 is 2.33 bits per heavy atom. The van der Waals surface area contributed by atoms with Gasteiger partial charge >= 0.3 is 5.97 Å². The summed E-state index contributed by atoms with van der Waals surface area (Å²) in [5.41, 5.74) is 0.888. The van der Waals surface area contributed by atoms with Crippen LogP contribution in [0.25, 0.3) is 0 Å². The van der Waals surface area contributed by atoms with Crippen LogP contribution in [0.4, 0.5) is 5.82 Å². The summed E-state index contributed by atoms with van der Waals surface area (Å²) in [6, 6.07) is 7.29. The standard InChI is InChI=1S/C15H17N3O3/c1-11-6-7-14(17-16-11)18-8-2-4-12(18)10-21-15(19)13-5-3-9-20-13/h3,5-7,9,12H,2,4,8,10H2,1H3. The number of carbonyl (C=O) groups excluding carboxylic acids is 1. The lowest BCUT2D eigenvalue weighted by molar-refractivity contribution is 0.0446. The van der Waals surface area contributed by atoms with Crippen LogP contribution >= 0.6 is 0 Å². The quantitative estimate of drug-likeness (QED) is 0.803. The average molecular weight is 287 g/mol. The maximum Gasteiger partial charge on any atom is 0.374 e. The second kappa shape index (κ2) is 5.95. The molecule has 21 heavy (non-hydrogen) atoms. The molecular formula is C15H17N3O3. The van der Waals surface area contributed by atoms with Crippen LogP contribution in [0.3, 0.4) is 0 Å². The van der Waals surface area contributed by atoms with Crippen LogP contribution in [0.15, 0.2) is 34.9 Å². The van der Waals surface area contributed by atoms with Crippen molar-refractivity contribution in [2.45, 2.75) is 25.8 Å². The highest BCUT2D eigenvalue weighted by atomic mass is 16.5. The van der Waals surface area contributed by atoms with E-state index in [9.17, 15) is 4.79 Å². The van der Waals surface area contributed by atoms with E-state index in [2.05, 4.69) is 15.1 Å². The second-order valence-corrected chi connectivity index (χ2v) is 5.10. The van der Waals surface area contributed by atoms with Crippen LogP contribution in [0.5, 0.6) is 0 Å². The van der Waals surface area contributed by atoms with Gasteiger partial charge in [-0.05, 0) is 44.0 Å². The minimum atomic E-state index is -0.429. The second-order valence-electron chi connectivity index (χ2n) is 5.10. The number of anilines is 1. The minimum absolute atomic E-state index is 0.140. The lowest BCUT2D eigenvalue weighted by Gasteiger charge is -2.24. The number of hydrogen-bond acceptors (Lipinski definition) is 6. The highest BCUT2D eigenvalue weighted by Gasteiger charge is 2.27. The Kier molecular flexibility index (Phi) is 3.85. The first-order valence-corrected chi connectivity index (χ1v) is 7.01. The van der Waals surface area contributed by atoms with Gasteiger partial charge in [0, 0.05) is 6.54 Å². The van der Waals surface area contributed by atoms with Crippen molar-refractivity contribution in [3.05, 3.63) is 42.0 Å². The fraction of sp³-hybridized carbons (Fsp3) is 0.400. The molecule has 2 aromatic rings. The number of ether oxygens (including phenoxy) is 1. The first-order chi connectivity index (χ1) is 10.2. The normalized spacial score (nSPS) is 18.0. The summed E-state index contributed by atoms with van der Waals surface area (Å²) in [5, 5.41) is 8.28. The average Bonchev–Trinajstić information content (AvgIpc) is 3.17. The highest BCUT2D eigenvalue weighted by molar-refractivity contribution is 5.86. The third-order valence-corrected chi connectivity index (χ3v) is 3.58. The molecule has 0 spiro atoms. The Hall–Kier alpha value is -2.37. The molecule has 1 fully saturated rings. The van der Waals surface area contributed by atoms with E-state index in [1.165, 1.54) is 6.26 Å². The molecule has 2 aromatic heterocycles. The largest absolute Gasteiger partial charge is 0.458 e. The monoisotopic (exact) mass is 287 g/mol. The van der Waals surface area contributed by atoms with Crippen molar-refractivity contribution in [3.8, 4) is 0 Å². The fourth-order valence-electron chi connectivity index (χ4n) is 2.49. The number of esters is 1. The van der Waals surface area contributed by atoms with Gasteiger partial charge in [0.05, 0.1) is 18.0 Å². The zero-order valence-corrected chi connectivity index (χ0v) is 11.9. The summed E-state index contributed by atoms with van der Waals surface area (Å²) in [7, 11) is 0. The topological polar surface area (TPSA) is 68.5 Å². The Morgan fingerprint density at radius 3 is 3.05 bits per heavy atom. The summed E-state index contributed by atoms with van der Waals surface area (Å²) in [6.45, 7) is 3.14. The summed E-state index contributed by atoms with van der Waals surface area (Å²) in [4.78, 5) is 13.9. The molecule has 3 rings (SSSR count). The van der Waals surface area contributed by atoms with E-state index < -0.39 is 5.97 Å². The van der Waals surface area contributed by atoms with E-state index in [4.69, 9.17) is 9.15 Å². The highest BCUT2D eigenvalue weighted by Crippen LogP contribution is 2.23. The number of hydrogen-bond donors (Lipinski definition) is 0. The number of nitrogens with zero attached hydrogens (tertiary/aromatic N) is 3. The van der Waals surface area contributed by atoms with Crippen molar-refractivity contribution >= 4 is 11.8 Å². The van der Waals surface area contributed by atoms with Gasteiger partial charge < -0.3 is 14.1 Å². The van der Waals surface area contributed by atoms with Crippen LogP contribution in [-0.2, 0) is 4.74 Å². The molecule has 110 valence electrons. The lowest BCUT2D eigenvalue weighted by Crippen LogP contribution is -2.34. The molecule has 0 aromatic carbocycles. The third-order valence-electron chi connectivity index (χ3n) is 3.58. The van der Waals surface area contributed by atoms with Gasteiger partial charge in [-0.3, -0.25) is 0 Å². The van der Waals surface area contributed by atoms with Gasteiger partial charge in [-0.25, -0.2) is 4.79 Å². The van der Waals surface area contributed by atoms with Gasteiger partial charge in [0.1, 0.15) is 6.61 Å². The van der Waals surface area contributed by atoms with Crippen LogP contribution in [0.2, 0.25) is 0 Å². The summed E-state index contributed by atoms with van der Waals surface area (Å²) in [6.07, 6.45) is 3.49. The molecule has 0 bridgehead atoms. The number of aryl methyl sites for hydroxylation is 1. The van der Waals surface area contributed by atoms with Crippen LogP contribution in [-0.4, -0.2) is 35.4 Å². The predicted octanol–water partition coefficient (Wildman–Crippen LogP) is 2.20. The molecule has 6 nitrogen and oxygen atoms in total. The van der Waals surface area contributed by atoms with E-state index in [0.717, 1.165) is 30.9 Å². The number of furan rings is 1. The van der Waals surface area contributed by atoms with Crippen molar-refractivity contribution in [1.29, 1.82) is 0 Å². The van der Waals surface area contributed by atoms with E-state index in [-0.39, 0.29) is 11.8 Å². The molecule has 1 aliphatic heterocycles. The van der Waals surface area contributed by atoms with Crippen molar-refractivity contribution in [3.63, 3.8) is 0 Å². The molecule has 0 saturated carbocycles. The molecule has 0 radical (unpaired) electrons. The van der Waals surface area contributed by atoms with Gasteiger partial charge in [-0.1, -0.05) is 0 Å². The van der Waals surface area contributed by atoms with E-state index in [0.29, 0.717) is 6.61 Å². The number of aromatic nitrogens is 2. The molecular weight excluding hydrogens is 270 g/mol. The zero-order valence-electron chi connectivity index (χ0n) is 11.9. The smallest absolute Gasteiger partial charge is 0.374 e. The summed E-state index contributed by atoms with van der Waals surface area (Å²) >= 11 is 0. The minimum Gasteiger partial charge on any atom is -0.458 e. The van der Waals surface area contributed by atoms with Crippen molar-refractivity contribution in [2.24, 2.45) is 0 Å². The van der Waals surface area contributed by atoms with Crippen LogP contribution in [0, 0.1) is 6.92 Å². The molecule has 1 saturated heterocycles. The SMILES string of the molecule is Cc1ccc(N2CCCC2COC(=O)c2ccco2)nn1. The Morgan fingerprint density at radius 1 is 1.43 bits per heavy atom. The van der Waals surface area contributed by atoms with Gasteiger partial charge in [0.15, 0.2) is 5.82 Å². The molecule has 3 heterocycles. The number of rotatable bonds is 4. The maximum atomic E-state index is 11.8. The van der Waals surface area contributed by atoms with E-state index in [1.54, 1.807) is 12.1 Å². The van der Waals surface area contributed by atoms with Crippen molar-refractivity contribution in [1.82, 2.24) is 10.2 Å². The molecule has 1 aliphatic rings. The Balaban J connectivity index is 1.62. The molecule has 0 aliphatic carbocycles. The fourth-order valence-corrected chi connectivity index (χ4v) is 2.49. The first kappa shape index (κ1) is 13.6. The Bertz CT molecular complexity index is 595. The van der Waals surface area contributed by atoms with Crippen molar-refractivity contribution < 1.29 is 13.9 Å². The molecule has 1 unspecified atom stereocenters. The van der Waals surface area contributed by atoms with Gasteiger partial charge in [0.25, 0.3) is 0 Å². The van der Waals surface area contributed by atoms with Crippen molar-refractivity contribution in [2.75, 3.05) is 18.1 Å². The predicted molar refractivity (Wildman–Crippen MR) is 76.1 cm³/mol. The third kappa shape index (κ3) is 3.04. The van der Waals surface area contributed by atoms with Crippen LogP contribution < -0.4 is 4.90 Å². The van der Waals surface area contributed by atoms with Gasteiger partial charge in [-0.15, -0.1) is 5.10 Å². The number of carbonyl (C=O) groups is 1. The summed E-state index contributed by atoms with van der Waals surface area (Å²) < 4.78 is 10.3. The first-order valence-electron chi connectivity index (χ1n) is 7.01. The van der Waals surface area contributed by atoms with Gasteiger partial charge in [0.2, 0.25) is 5.76 Å².